The van der Waals surface area contributed by atoms with Gasteiger partial charge in [-0.1, -0.05) is 24.3 Å². The number of hydrogen-bond donors (Lipinski definition) is 1. The molecule has 1 unspecified atom stereocenters. The summed E-state index contributed by atoms with van der Waals surface area (Å²) in [6.07, 6.45) is 2.27. The van der Waals surface area contributed by atoms with Gasteiger partial charge in [-0.25, -0.2) is 13.1 Å². The lowest BCUT2D eigenvalue weighted by Gasteiger charge is -2.29. The van der Waals surface area contributed by atoms with Gasteiger partial charge in [-0.3, -0.25) is 4.90 Å². The lowest BCUT2D eigenvalue weighted by Crippen LogP contribution is -2.37. The van der Waals surface area contributed by atoms with Crippen LogP contribution in [-0.4, -0.2) is 40.1 Å². The lowest BCUT2D eigenvalue weighted by atomic mass is 10.0. The first-order chi connectivity index (χ1) is 12.9. The average molecular weight is 389 g/mol. The van der Waals surface area contributed by atoms with Gasteiger partial charge in [0, 0.05) is 12.1 Å². The molecule has 6 heteroatoms. The molecule has 27 heavy (non-hydrogen) atoms. The first-order valence-corrected chi connectivity index (χ1v) is 10.8. The number of sulfonamides is 1. The van der Waals surface area contributed by atoms with Gasteiger partial charge < -0.3 is 4.74 Å². The fourth-order valence-corrected chi connectivity index (χ4v) is 4.71. The minimum Gasteiger partial charge on any atom is -0.496 e. The van der Waals surface area contributed by atoms with E-state index >= 15 is 0 Å². The Bertz CT molecular complexity index is 890. The second-order valence-electron chi connectivity index (χ2n) is 7.10. The summed E-state index contributed by atoms with van der Waals surface area (Å²) in [4.78, 5) is 2.65. The molecule has 1 fully saturated rings. The van der Waals surface area contributed by atoms with Gasteiger partial charge in [0.1, 0.15) is 5.75 Å². The fourth-order valence-electron chi connectivity index (χ4n) is 3.58. The molecule has 3 rings (SSSR count). The number of nitrogens with one attached hydrogen (secondary N) is 1. The molecule has 2 aromatic carbocycles. The molecule has 1 aliphatic rings. The van der Waals surface area contributed by atoms with Crippen molar-refractivity contribution in [1.82, 2.24) is 9.62 Å². The molecule has 1 N–H and O–H groups in total. The molecule has 0 amide bonds. The minimum atomic E-state index is -3.57. The van der Waals surface area contributed by atoms with Crippen molar-refractivity contribution in [3.8, 4) is 5.75 Å². The van der Waals surface area contributed by atoms with Crippen LogP contribution >= 0.6 is 0 Å². The third kappa shape index (κ3) is 4.51. The summed E-state index contributed by atoms with van der Waals surface area (Å²) in [5.41, 5.74) is 3.07. The molecule has 2 aromatic rings. The number of ether oxygens (including phenoxy) is 1. The van der Waals surface area contributed by atoms with E-state index in [2.05, 4.69) is 9.62 Å². The summed E-state index contributed by atoms with van der Waals surface area (Å²) < 4.78 is 34.0. The smallest absolute Gasteiger partial charge is 0.240 e. The number of aryl methyl sites for hydroxylation is 2. The minimum absolute atomic E-state index is 0.0510. The van der Waals surface area contributed by atoms with Crippen LogP contribution in [0.4, 0.5) is 0 Å². The van der Waals surface area contributed by atoms with E-state index in [1.807, 2.05) is 44.2 Å². The van der Waals surface area contributed by atoms with Crippen molar-refractivity contribution in [2.45, 2.75) is 37.6 Å². The lowest BCUT2D eigenvalue weighted by molar-refractivity contribution is 0.240. The Morgan fingerprint density at radius 1 is 1.07 bits per heavy atom. The van der Waals surface area contributed by atoms with Crippen LogP contribution in [0.3, 0.4) is 0 Å². The van der Waals surface area contributed by atoms with Crippen molar-refractivity contribution in [2.75, 3.05) is 26.7 Å². The molecule has 1 atom stereocenters. The SMILES string of the molecule is COc1ccccc1C(CNS(=O)(=O)c1ccc(C)c(C)c1)N1CCCC1. The van der Waals surface area contributed by atoms with Crippen molar-refractivity contribution in [1.29, 1.82) is 0 Å². The van der Waals surface area contributed by atoms with E-state index in [1.165, 1.54) is 0 Å². The Balaban J connectivity index is 1.85. The van der Waals surface area contributed by atoms with Gasteiger partial charge in [-0.05, 0) is 69.1 Å². The number of nitrogens with zero attached hydrogens (tertiary/aromatic N) is 1. The number of rotatable bonds is 7. The van der Waals surface area contributed by atoms with Gasteiger partial charge in [-0.2, -0.15) is 0 Å². The maximum Gasteiger partial charge on any atom is 0.240 e. The monoisotopic (exact) mass is 388 g/mol. The molecule has 0 aromatic heterocycles. The molecule has 0 saturated carbocycles. The highest BCUT2D eigenvalue weighted by Gasteiger charge is 2.27. The van der Waals surface area contributed by atoms with E-state index in [0.29, 0.717) is 11.4 Å². The quantitative estimate of drug-likeness (QED) is 0.790. The summed E-state index contributed by atoms with van der Waals surface area (Å²) in [6.45, 7) is 6.15. The summed E-state index contributed by atoms with van der Waals surface area (Å²) in [5.74, 6) is 0.791. The third-order valence-electron chi connectivity index (χ3n) is 5.33. The molecular formula is C21H28N2O3S. The van der Waals surface area contributed by atoms with E-state index in [1.54, 1.807) is 19.2 Å². The molecule has 0 radical (unpaired) electrons. The van der Waals surface area contributed by atoms with E-state index in [9.17, 15) is 8.42 Å². The number of benzene rings is 2. The normalized spacial score (nSPS) is 16.4. The van der Waals surface area contributed by atoms with Gasteiger partial charge in [0.15, 0.2) is 0 Å². The summed E-state index contributed by atoms with van der Waals surface area (Å²) in [5, 5.41) is 0. The number of likely N-dealkylation sites (tertiary alicyclic amines) is 1. The van der Waals surface area contributed by atoms with Crippen molar-refractivity contribution in [3.63, 3.8) is 0 Å². The Labute approximate surface area is 162 Å². The zero-order valence-electron chi connectivity index (χ0n) is 16.2. The Hall–Kier alpha value is -1.89. The molecular weight excluding hydrogens is 360 g/mol. The summed E-state index contributed by atoms with van der Waals surface area (Å²) in [7, 11) is -1.92. The third-order valence-corrected chi connectivity index (χ3v) is 6.76. The maximum atomic E-state index is 12.8. The van der Waals surface area contributed by atoms with Crippen LogP contribution < -0.4 is 9.46 Å². The van der Waals surface area contributed by atoms with Crippen LogP contribution in [0, 0.1) is 13.8 Å². The van der Waals surface area contributed by atoms with Crippen LogP contribution in [0.15, 0.2) is 47.4 Å². The Kier molecular flexibility index (Phi) is 6.19. The van der Waals surface area contributed by atoms with Crippen molar-refractivity contribution < 1.29 is 13.2 Å². The Morgan fingerprint density at radius 2 is 1.78 bits per heavy atom. The molecule has 5 nitrogen and oxygen atoms in total. The largest absolute Gasteiger partial charge is 0.496 e. The van der Waals surface area contributed by atoms with E-state index in [4.69, 9.17) is 4.74 Å². The van der Waals surface area contributed by atoms with Gasteiger partial charge in [-0.15, -0.1) is 0 Å². The van der Waals surface area contributed by atoms with Crippen molar-refractivity contribution in [2.24, 2.45) is 0 Å². The van der Waals surface area contributed by atoms with E-state index in [-0.39, 0.29) is 6.04 Å². The average Bonchev–Trinajstić information content (AvgIpc) is 3.19. The highest BCUT2D eigenvalue weighted by atomic mass is 32.2. The van der Waals surface area contributed by atoms with Crippen molar-refractivity contribution >= 4 is 10.0 Å². The predicted octanol–water partition coefficient (Wildman–Crippen LogP) is 3.43. The van der Waals surface area contributed by atoms with Crippen LogP contribution in [-0.2, 0) is 10.0 Å². The molecule has 0 aliphatic carbocycles. The van der Waals surface area contributed by atoms with Crippen molar-refractivity contribution in [3.05, 3.63) is 59.2 Å². The van der Waals surface area contributed by atoms with Gasteiger partial charge in [0.25, 0.3) is 0 Å². The topological polar surface area (TPSA) is 58.6 Å². The number of methoxy groups -OCH3 is 1. The molecule has 1 heterocycles. The van der Waals surface area contributed by atoms with Crippen LogP contribution in [0.1, 0.15) is 35.6 Å². The van der Waals surface area contributed by atoms with Crippen LogP contribution in [0.2, 0.25) is 0 Å². The molecule has 0 bridgehead atoms. The maximum absolute atomic E-state index is 12.8. The predicted molar refractivity (Wildman–Crippen MR) is 108 cm³/mol. The molecule has 0 spiro atoms. The van der Waals surface area contributed by atoms with E-state index < -0.39 is 10.0 Å². The van der Waals surface area contributed by atoms with E-state index in [0.717, 1.165) is 48.4 Å². The van der Waals surface area contributed by atoms with Gasteiger partial charge in [0.2, 0.25) is 10.0 Å². The fraction of sp³-hybridized carbons (Fsp3) is 0.429. The number of para-hydroxylation sites is 1. The zero-order valence-corrected chi connectivity index (χ0v) is 17.1. The first-order valence-electron chi connectivity index (χ1n) is 9.36. The van der Waals surface area contributed by atoms with Gasteiger partial charge in [0.05, 0.1) is 18.0 Å². The summed E-state index contributed by atoms with van der Waals surface area (Å²) in [6, 6.07) is 13.0. The molecule has 146 valence electrons. The molecule has 1 aliphatic heterocycles. The standard InChI is InChI=1S/C21H28N2O3S/c1-16-10-11-18(14-17(16)2)27(24,25)22-15-20(23-12-6-7-13-23)19-8-4-5-9-21(19)26-3/h4-5,8-11,14,20,22H,6-7,12-13,15H2,1-3H3. The second kappa shape index (κ2) is 8.42. The highest BCUT2D eigenvalue weighted by Crippen LogP contribution is 2.31. The zero-order chi connectivity index (χ0) is 19.4. The van der Waals surface area contributed by atoms with Crippen LogP contribution in [0.25, 0.3) is 0 Å². The summed E-state index contributed by atoms with van der Waals surface area (Å²) >= 11 is 0. The second-order valence-corrected chi connectivity index (χ2v) is 8.87. The highest BCUT2D eigenvalue weighted by molar-refractivity contribution is 7.89. The molecule has 1 saturated heterocycles. The first kappa shape index (κ1) is 19.9. The van der Waals surface area contributed by atoms with Crippen LogP contribution in [0.5, 0.6) is 5.75 Å². The number of hydrogen-bond acceptors (Lipinski definition) is 4. The Morgan fingerprint density at radius 3 is 2.44 bits per heavy atom. The van der Waals surface area contributed by atoms with Gasteiger partial charge >= 0.3 is 0 Å².